The average molecular weight is 223 g/mol. The van der Waals surface area contributed by atoms with Gasteiger partial charge in [-0.1, -0.05) is 24.4 Å². The summed E-state index contributed by atoms with van der Waals surface area (Å²) in [5.74, 6) is 0. The number of hydrogen-bond donors (Lipinski definition) is 1. The zero-order valence-electron chi connectivity index (χ0n) is 9.41. The van der Waals surface area contributed by atoms with Gasteiger partial charge < -0.3 is 10.5 Å². The van der Waals surface area contributed by atoms with E-state index in [1.54, 1.807) is 0 Å². The molecule has 0 radical (unpaired) electrons. The quantitative estimate of drug-likeness (QED) is 0.797. The number of aryl methyl sites for hydroxylation is 1. The molecule has 1 aromatic rings. The second-order valence-corrected chi connectivity index (χ2v) is 4.31. The second kappa shape index (κ2) is 5.24. The lowest BCUT2D eigenvalue weighted by molar-refractivity contribution is 0.0654. The van der Waals surface area contributed by atoms with E-state index in [4.69, 9.17) is 22.7 Å². The topological polar surface area (TPSA) is 35.2 Å². The summed E-state index contributed by atoms with van der Waals surface area (Å²) < 4.78 is 5.54. The summed E-state index contributed by atoms with van der Waals surface area (Å²) in [6.07, 6.45) is 0.250. The van der Waals surface area contributed by atoms with Gasteiger partial charge in [-0.15, -0.1) is 0 Å². The first kappa shape index (κ1) is 12.1. The number of benzene rings is 1. The summed E-state index contributed by atoms with van der Waals surface area (Å²) in [6.45, 7) is 6.74. The fraction of sp³-hybridized carbons (Fsp3) is 0.417. The van der Waals surface area contributed by atoms with Gasteiger partial charge >= 0.3 is 0 Å². The van der Waals surface area contributed by atoms with Crippen LogP contribution in [-0.4, -0.2) is 11.1 Å². The third-order valence-corrected chi connectivity index (χ3v) is 2.43. The van der Waals surface area contributed by atoms with Gasteiger partial charge in [-0.3, -0.25) is 0 Å². The number of hydrogen-bond acceptors (Lipinski definition) is 2. The lowest BCUT2D eigenvalue weighted by Crippen LogP contribution is -2.10. The highest BCUT2D eigenvalue weighted by Crippen LogP contribution is 2.13. The second-order valence-electron chi connectivity index (χ2n) is 3.87. The summed E-state index contributed by atoms with van der Waals surface area (Å²) >= 11 is 4.92. The molecule has 0 atom stereocenters. The molecular weight excluding hydrogens is 206 g/mol. The zero-order valence-corrected chi connectivity index (χ0v) is 10.2. The monoisotopic (exact) mass is 223 g/mol. The molecule has 0 spiro atoms. The van der Waals surface area contributed by atoms with Crippen molar-refractivity contribution in [3.8, 4) is 0 Å². The van der Waals surface area contributed by atoms with E-state index in [1.807, 2.05) is 39.0 Å². The van der Waals surface area contributed by atoms with Gasteiger partial charge in [-0.2, -0.15) is 0 Å². The van der Waals surface area contributed by atoms with Crippen LogP contribution in [0, 0.1) is 6.92 Å². The van der Waals surface area contributed by atoms with E-state index in [1.165, 1.54) is 11.1 Å². The molecule has 3 heteroatoms. The zero-order chi connectivity index (χ0) is 11.4. The molecule has 0 aliphatic heterocycles. The van der Waals surface area contributed by atoms with Crippen molar-refractivity contribution < 1.29 is 4.74 Å². The Kier molecular flexibility index (Phi) is 4.24. The van der Waals surface area contributed by atoms with Crippen LogP contribution in [-0.2, 0) is 11.3 Å². The summed E-state index contributed by atoms with van der Waals surface area (Å²) in [7, 11) is 0. The van der Waals surface area contributed by atoms with Crippen LogP contribution in [0.5, 0.6) is 0 Å². The van der Waals surface area contributed by atoms with Gasteiger partial charge in [-0.25, -0.2) is 0 Å². The Balaban J connectivity index is 2.79. The molecule has 15 heavy (non-hydrogen) atoms. The van der Waals surface area contributed by atoms with Crippen molar-refractivity contribution >= 4 is 17.2 Å². The fourth-order valence-corrected chi connectivity index (χ4v) is 1.39. The number of ether oxygens (including phenoxy) is 1. The molecule has 2 N–H and O–H groups in total. The average Bonchev–Trinajstić information content (AvgIpc) is 2.15. The predicted molar refractivity (Wildman–Crippen MR) is 67.0 cm³/mol. The van der Waals surface area contributed by atoms with E-state index in [0.29, 0.717) is 11.6 Å². The third kappa shape index (κ3) is 3.61. The Morgan fingerprint density at radius 1 is 1.47 bits per heavy atom. The summed E-state index contributed by atoms with van der Waals surface area (Å²) in [5.41, 5.74) is 8.82. The van der Waals surface area contributed by atoms with Crippen molar-refractivity contribution in [2.75, 3.05) is 0 Å². The van der Waals surface area contributed by atoms with Gasteiger partial charge in [0.2, 0.25) is 0 Å². The van der Waals surface area contributed by atoms with Crippen LogP contribution in [0.25, 0.3) is 0 Å². The Labute approximate surface area is 96.4 Å². The van der Waals surface area contributed by atoms with Crippen LogP contribution in [0.4, 0.5) is 0 Å². The SMILES string of the molecule is Cc1cc(C(N)=S)ccc1COC(C)C. The molecule has 82 valence electrons. The van der Waals surface area contributed by atoms with Gasteiger partial charge in [-0.05, 0) is 38.0 Å². The highest BCUT2D eigenvalue weighted by Gasteiger charge is 2.03. The Bertz CT molecular complexity index is 361. The third-order valence-electron chi connectivity index (χ3n) is 2.20. The minimum absolute atomic E-state index is 0.250. The highest BCUT2D eigenvalue weighted by atomic mass is 32.1. The van der Waals surface area contributed by atoms with Crippen LogP contribution in [0.3, 0.4) is 0 Å². The van der Waals surface area contributed by atoms with Crippen molar-refractivity contribution in [3.05, 3.63) is 34.9 Å². The Hall–Kier alpha value is -0.930. The van der Waals surface area contributed by atoms with Gasteiger partial charge in [0.25, 0.3) is 0 Å². The Morgan fingerprint density at radius 3 is 2.60 bits per heavy atom. The van der Waals surface area contributed by atoms with Crippen molar-refractivity contribution in [1.29, 1.82) is 0 Å². The van der Waals surface area contributed by atoms with Crippen molar-refractivity contribution in [3.63, 3.8) is 0 Å². The number of rotatable bonds is 4. The standard InChI is InChI=1S/C12H17NOS/c1-8(2)14-7-11-5-4-10(12(13)15)6-9(11)3/h4-6,8H,7H2,1-3H3,(H2,13,15). The normalized spacial score (nSPS) is 10.7. The fourth-order valence-electron chi connectivity index (χ4n) is 1.27. The molecule has 0 unspecified atom stereocenters. The molecular formula is C12H17NOS. The minimum atomic E-state index is 0.250. The van der Waals surface area contributed by atoms with E-state index in [9.17, 15) is 0 Å². The number of thiocarbonyl (C=S) groups is 1. The molecule has 1 rings (SSSR count). The molecule has 0 aromatic heterocycles. The van der Waals surface area contributed by atoms with E-state index < -0.39 is 0 Å². The van der Waals surface area contributed by atoms with Crippen molar-refractivity contribution in [1.82, 2.24) is 0 Å². The predicted octanol–water partition coefficient (Wildman–Crippen LogP) is 2.55. The van der Waals surface area contributed by atoms with Crippen LogP contribution in [0.2, 0.25) is 0 Å². The van der Waals surface area contributed by atoms with E-state index in [-0.39, 0.29) is 6.10 Å². The first-order valence-corrected chi connectivity index (χ1v) is 5.42. The van der Waals surface area contributed by atoms with Crippen LogP contribution < -0.4 is 5.73 Å². The smallest absolute Gasteiger partial charge is 0.103 e. The summed E-state index contributed by atoms with van der Waals surface area (Å²) in [4.78, 5) is 0.439. The molecule has 0 amide bonds. The maximum Gasteiger partial charge on any atom is 0.103 e. The minimum Gasteiger partial charge on any atom is -0.389 e. The van der Waals surface area contributed by atoms with Gasteiger partial charge in [0, 0.05) is 5.56 Å². The van der Waals surface area contributed by atoms with Gasteiger partial charge in [0.15, 0.2) is 0 Å². The van der Waals surface area contributed by atoms with Gasteiger partial charge in [0.05, 0.1) is 12.7 Å². The van der Waals surface area contributed by atoms with Crippen molar-refractivity contribution in [2.45, 2.75) is 33.5 Å². The maximum atomic E-state index is 5.56. The molecule has 2 nitrogen and oxygen atoms in total. The van der Waals surface area contributed by atoms with Crippen molar-refractivity contribution in [2.24, 2.45) is 5.73 Å². The lowest BCUT2D eigenvalue weighted by atomic mass is 10.1. The molecule has 0 aliphatic rings. The van der Waals surface area contributed by atoms with E-state index >= 15 is 0 Å². The lowest BCUT2D eigenvalue weighted by Gasteiger charge is -2.10. The molecule has 0 heterocycles. The highest BCUT2D eigenvalue weighted by molar-refractivity contribution is 7.80. The molecule has 0 aliphatic carbocycles. The van der Waals surface area contributed by atoms with Crippen LogP contribution in [0.15, 0.2) is 18.2 Å². The molecule has 0 fully saturated rings. The summed E-state index contributed by atoms with van der Waals surface area (Å²) in [6, 6.07) is 5.96. The largest absolute Gasteiger partial charge is 0.389 e. The van der Waals surface area contributed by atoms with E-state index in [2.05, 4.69) is 0 Å². The van der Waals surface area contributed by atoms with E-state index in [0.717, 1.165) is 5.56 Å². The first-order chi connectivity index (χ1) is 7.00. The van der Waals surface area contributed by atoms with Gasteiger partial charge in [0.1, 0.15) is 4.99 Å². The molecule has 0 saturated heterocycles. The molecule has 1 aromatic carbocycles. The summed E-state index contributed by atoms with van der Waals surface area (Å²) in [5, 5.41) is 0. The Morgan fingerprint density at radius 2 is 2.13 bits per heavy atom. The number of nitrogens with two attached hydrogens (primary N) is 1. The first-order valence-electron chi connectivity index (χ1n) is 5.01. The van der Waals surface area contributed by atoms with Crippen LogP contribution in [0.1, 0.15) is 30.5 Å². The molecule has 0 saturated carbocycles. The maximum absolute atomic E-state index is 5.56. The van der Waals surface area contributed by atoms with Crippen LogP contribution >= 0.6 is 12.2 Å². The molecule has 0 bridgehead atoms.